The normalized spacial score (nSPS) is 18.3. The summed E-state index contributed by atoms with van der Waals surface area (Å²) < 4.78 is 7.56. The smallest absolute Gasteiger partial charge is 0.230 e. The van der Waals surface area contributed by atoms with Crippen LogP contribution < -0.4 is 5.32 Å². The Hall–Kier alpha value is -2.61. The van der Waals surface area contributed by atoms with E-state index in [1.165, 1.54) is 17.3 Å². The molecule has 2 aromatic rings. The number of ether oxygens (including phenoxy) is 1. The molecule has 1 aliphatic carbocycles. The monoisotopic (exact) mass is 383 g/mol. The summed E-state index contributed by atoms with van der Waals surface area (Å²) in [6.45, 7) is 3.47. The van der Waals surface area contributed by atoms with Gasteiger partial charge in [0.1, 0.15) is 11.5 Å². The lowest BCUT2D eigenvalue weighted by Crippen LogP contribution is -2.35. The summed E-state index contributed by atoms with van der Waals surface area (Å²) in [5, 5.41) is 12.3. The Balaban J connectivity index is 1.37. The van der Waals surface area contributed by atoms with Crippen molar-refractivity contribution in [3.8, 4) is 11.5 Å². The van der Waals surface area contributed by atoms with Crippen LogP contribution in [0.1, 0.15) is 19.8 Å². The lowest BCUT2D eigenvalue weighted by atomic mass is 10.0. The van der Waals surface area contributed by atoms with Crippen LogP contribution in [0.25, 0.3) is 11.5 Å². The topological polar surface area (TPSA) is 81.9 Å². The molecule has 1 atom stereocenters. The number of pyridine rings is 1. The van der Waals surface area contributed by atoms with Gasteiger partial charge in [0.2, 0.25) is 5.91 Å². The average molecular weight is 383 g/mol. The van der Waals surface area contributed by atoms with Gasteiger partial charge in [0, 0.05) is 19.2 Å². The maximum absolute atomic E-state index is 12.4. The second-order valence-corrected chi connectivity index (χ2v) is 7.27. The summed E-state index contributed by atoms with van der Waals surface area (Å²) in [7, 11) is 0. The van der Waals surface area contributed by atoms with E-state index in [9.17, 15) is 4.79 Å². The summed E-state index contributed by atoms with van der Waals surface area (Å²) in [5.74, 6) is 1.90. The van der Waals surface area contributed by atoms with Crippen LogP contribution in [0, 0.1) is 0 Å². The molecule has 27 heavy (non-hydrogen) atoms. The SMILES string of the molecule is CCn1c(SCC(=O)NC2C=C3OCCC3=CC2)nnc1-c1ccccn1. The van der Waals surface area contributed by atoms with Crippen LogP contribution in [0.15, 0.2) is 53.0 Å². The number of hydrogen-bond acceptors (Lipinski definition) is 6. The highest BCUT2D eigenvalue weighted by molar-refractivity contribution is 7.99. The number of nitrogens with zero attached hydrogens (tertiary/aromatic N) is 4. The second kappa shape index (κ2) is 7.96. The lowest BCUT2D eigenvalue weighted by molar-refractivity contribution is -0.118. The van der Waals surface area contributed by atoms with E-state index in [2.05, 4.69) is 26.6 Å². The first-order valence-electron chi connectivity index (χ1n) is 9.05. The molecule has 140 valence electrons. The number of hydrogen-bond donors (Lipinski definition) is 1. The van der Waals surface area contributed by atoms with Gasteiger partial charge in [-0.3, -0.25) is 9.78 Å². The Morgan fingerprint density at radius 2 is 2.33 bits per heavy atom. The van der Waals surface area contributed by atoms with Crippen LogP contribution in [0.4, 0.5) is 0 Å². The zero-order chi connectivity index (χ0) is 18.6. The van der Waals surface area contributed by atoms with E-state index in [0.717, 1.165) is 36.1 Å². The number of carbonyl (C=O) groups is 1. The predicted molar refractivity (Wildman–Crippen MR) is 103 cm³/mol. The van der Waals surface area contributed by atoms with E-state index in [-0.39, 0.29) is 17.7 Å². The van der Waals surface area contributed by atoms with E-state index in [4.69, 9.17) is 4.74 Å². The first-order valence-corrected chi connectivity index (χ1v) is 10.0. The fourth-order valence-electron chi connectivity index (χ4n) is 3.21. The third-order valence-electron chi connectivity index (χ3n) is 4.52. The van der Waals surface area contributed by atoms with Crippen molar-refractivity contribution in [2.45, 2.75) is 37.5 Å². The molecule has 1 N–H and O–H groups in total. The number of allylic oxidation sites excluding steroid dienone is 1. The van der Waals surface area contributed by atoms with Crippen molar-refractivity contribution in [3.05, 3.63) is 47.9 Å². The fourth-order valence-corrected chi connectivity index (χ4v) is 4.02. The largest absolute Gasteiger partial charge is 0.493 e. The van der Waals surface area contributed by atoms with E-state index < -0.39 is 0 Å². The molecule has 4 rings (SSSR count). The van der Waals surface area contributed by atoms with Crippen LogP contribution in [-0.2, 0) is 16.1 Å². The van der Waals surface area contributed by atoms with Crippen molar-refractivity contribution in [2.24, 2.45) is 0 Å². The Kier molecular flexibility index (Phi) is 5.24. The molecule has 1 amide bonds. The zero-order valence-electron chi connectivity index (χ0n) is 15.1. The average Bonchev–Trinajstić information content (AvgIpc) is 3.33. The summed E-state index contributed by atoms with van der Waals surface area (Å²) >= 11 is 1.39. The molecule has 2 aliphatic rings. The molecule has 1 aliphatic heterocycles. The van der Waals surface area contributed by atoms with E-state index in [0.29, 0.717) is 12.4 Å². The van der Waals surface area contributed by atoms with Gasteiger partial charge in [0.15, 0.2) is 11.0 Å². The first kappa shape index (κ1) is 17.8. The molecule has 0 saturated carbocycles. The van der Waals surface area contributed by atoms with Crippen LogP contribution in [0.5, 0.6) is 0 Å². The number of carbonyl (C=O) groups excluding carboxylic acids is 1. The standard InChI is InChI=1S/C19H21N5O2S/c1-2-24-18(15-5-3-4-9-20-15)22-23-19(24)27-12-17(25)21-14-7-6-13-8-10-26-16(13)11-14/h3-6,9,11,14H,2,7-8,10,12H2,1H3,(H,21,25). The number of fused-ring (bicyclic) bond motifs is 1. The van der Waals surface area contributed by atoms with Crippen LogP contribution in [0.3, 0.4) is 0 Å². The number of amides is 1. The van der Waals surface area contributed by atoms with Crippen molar-refractivity contribution >= 4 is 17.7 Å². The number of thioether (sulfide) groups is 1. The first-order chi connectivity index (χ1) is 13.2. The molecule has 0 aromatic carbocycles. The maximum Gasteiger partial charge on any atom is 0.230 e. The molecule has 0 radical (unpaired) electrons. The fraction of sp³-hybridized carbons (Fsp3) is 0.368. The number of nitrogens with one attached hydrogen (secondary N) is 1. The second-order valence-electron chi connectivity index (χ2n) is 6.32. The molecule has 2 aromatic heterocycles. The van der Waals surface area contributed by atoms with Crippen molar-refractivity contribution in [1.29, 1.82) is 0 Å². The number of aromatic nitrogens is 4. The zero-order valence-corrected chi connectivity index (χ0v) is 15.9. The van der Waals surface area contributed by atoms with Gasteiger partial charge >= 0.3 is 0 Å². The van der Waals surface area contributed by atoms with Crippen LogP contribution in [0.2, 0.25) is 0 Å². The van der Waals surface area contributed by atoms with Gasteiger partial charge in [-0.2, -0.15) is 0 Å². The Morgan fingerprint density at radius 1 is 1.41 bits per heavy atom. The van der Waals surface area contributed by atoms with Gasteiger partial charge < -0.3 is 14.6 Å². The third kappa shape index (κ3) is 3.90. The molecular formula is C19H21N5O2S. The molecule has 1 saturated heterocycles. The molecule has 0 spiro atoms. The molecular weight excluding hydrogens is 362 g/mol. The van der Waals surface area contributed by atoms with Gasteiger partial charge in [-0.25, -0.2) is 0 Å². The molecule has 0 bridgehead atoms. The van der Waals surface area contributed by atoms with E-state index in [1.54, 1.807) is 6.20 Å². The minimum atomic E-state index is -0.0262. The maximum atomic E-state index is 12.4. The van der Waals surface area contributed by atoms with Crippen LogP contribution >= 0.6 is 11.8 Å². The highest BCUT2D eigenvalue weighted by atomic mass is 32.2. The molecule has 7 nitrogen and oxygen atoms in total. The third-order valence-corrected chi connectivity index (χ3v) is 5.49. The van der Waals surface area contributed by atoms with Gasteiger partial charge in [-0.05, 0) is 37.1 Å². The van der Waals surface area contributed by atoms with Crippen molar-refractivity contribution < 1.29 is 9.53 Å². The van der Waals surface area contributed by atoms with E-state index in [1.807, 2.05) is 35.8 Å². The number of rotatable bonds is 6. The van der Waals surface area contributed by atoms with Crippen LogP contribution in [-0.4, -0.2) is 44.1 Å². The quantitative estimate of drug-likeness (QED) is 0.772. The predicted octanol–water partition coefficient (Wildman–Crippen LogP) is 2.57. The minimum absolute atomic E-state index is 0.0110. The van der Waals surface area contributed by atoms with Gasteiger partial charge in [-0.15, -0.1) is 10.2 Å². The molecule has 3 heterocycles. The molecule has 8 heteroatoms. The van der Waals surface area contributed by atoms with Gasteiger partial charge in [0.05, 0.1) is 18.4 Å². The van der Waals surface area contributed by atoms with Crippen molar-refractivity contribution in [1.82, 2.24) is 25.1 Å². The van der Waals surface area contributed by atoms with E-state index >= 15 is 0 Å². The summed E-state index contributed by atoms with van der Waals surface area (Å²) in [6.07, 6.45) is 7.68. The Labute approximate surface area is 161 Å². The molecule has 1 unspecified atom stereocenters. The van der Waals surface area contributed by atoms with Gasteiger partial charge in [-0.1, -0.05) is 23.9 Å². The molecule has 1 fully saturated rings. The minimum Gasteiger partial charge on any atom is -0.493 e. The summed E-state index contributed by atoms with van der Waals surface area (Å²) in [6, 6.07) is 5.68. The highest BCUT2D eigenvalue weighted by Gasteiger charge is 2.22. The van der Waals surface area contributed by atoms with Crippen molar-refractivity contribution in [3.63, 3.8) is 0 Å². The van der Waals surface area contributed by atoms with Crippen molar-refractivity contribution in [2.75, 3.05) is 12.4 Å². The Morgan fingerprint density at radius 3 is 3.15 bits per heavy atom. The lowest BCUT2D eigenvalue weighted by Gasteiger charge is -2.18. The highest BCUT2D eigenvalue weighted by Crippen LogP contribution is 2.28. The Bertz CT molecular complexity index is 891. The summed E-state index contributed by atoms with van der Waals surface area (Å²) in [4.78, 5) is 16.7. The van der Waals surface area contributed by atoms with Gasteiger partial charge in [0.25, 0.3) is 0 Å². The summed E-state index contributed by atoms with van der Waals surface area (Å²) in [5.41, 5.74) is 2.03.